The van der Waals surface area contributed by atoms with Gasteiger partial charge in [0, 0.05) is 18.0 Å². The van der Waals surface area contributed by atoms with Crippen LogP contribution in [0.25, 0.3) is 0 Å². The van der Waals surface area contributed by atoms with E-state index in [4.69, 9.17) is 16.3 Å². The van der Waals surface area contributed by atoms with Gasteiger partial charge in [-0.25, -0.2) is 8.42 Å². The van der Waals surface area contributed by atoms with E-state index in [1.54, 1.807) is 0 Å². The Morgan fingerprint density at radius 3 is 2.72 bits per heavy atom. The quantitative estimate of drug-likeness (QED) is 0.777. The first-order valence-corrected chi connectivity index (χ1v) is 9.87. The number of hydrogen-bond acceptors (Lipinski definition) is 5. The lowest BCUT2D eigenvalue weighted by atomic mass is 10.0. The lowest BCUT2D eigenvalue weighted by Crippen LogP contribution is -2.43. The smallest absolute Gasteiger partial charge is 0.262 e. The number of fused-ring (bicyclic) bond motifs is 1. The minimum absolute atomic E-state index is 0.0288. The second kappa shape index (κ2) is 7.21. The van der Waals surface area contributed by atoms with E-state index in [1.807, 2.05) is 20.8 Å². The Morgan fingerprint density at radius 2 is 2.08 bits per heavy atom. The van der Waals surface area contributed by atoms with Crippen molar-refractivity contribution in [3.05, 3.63) is 17.2 Å². The molecule has 0 bridgehead atoms. The Kier molecular flexibility index (Phi) is 5.63. The van der Waals surface area contributed by atoms with E-state index >= 15 is 0 Å². The van der Waals surface area contributed by atoms with E-state index in [2.05, 4.69) is 10.6 Å². The van der Waals surface area contributed by atoms with Crippen molar-refractivity contribution in [1.82, 2.24) is 5.32 Å². The van der Waals surface area contributed by atoms with Crippen molar-refractivity contribution in [2.24, 2.45) is 0 Å². The molecule has 1 aliphatic rings. The fraction of sp³-hybridized carbons (Fsp3) is 0.500. The minimum atomic E-state index is -3.78. The molecule has 1 aromatic carbocycles. The number of hydrogen-bond donors (Lipinski definition) is 2. The first kappa shape index (κ1) is 19.5. The van der Waals surface area contributed by atoms with Crippen LogP contribution >= 0.6 is 11.6 Å². The van der Waals surface area contributed by atoms with Gasteiger partial charge in [0.2, 0.25) is 5.91 Å². The van der Waals surface area contributed by atoms with Gasteiger partial charge in [0.15, 0.2) is 16.4 Å². The number of nitrogens with one attached hydrogen (secondary N) is 2. The summed E-state index contributed by atoms with van der Waals surface area (Å²) in [5.74, 6) is -0.815. The van der Waals surface area contributed by atoms with Gasteiger partial charge < -0.3 is 15.4 Å². The van der Waals surface area contributed by atoms with E-state index < -0.39 is 15.4 Å². The molecule has 0 spiro atoms. The Hall–Kier alpha value is -1.80. The number of ether oxygens (including phenoxy) is 1. The van der Waals surface area contributed by atoms with Gasteiger partial charge in [0.05, 0.1) is 21.4 Å². The second-order valence-corrected chi connectivity index (χ2v) is 8.95. The van der Waals surface area contributed by atoms with Gasteiger partial charge in [-0.3, -0.25) is 9.59 Å². The molecule has 0 radical (unpaired) electrons. The molecule has 0 aromatic heterocycles. The van der Waals surface area contributed by atoms with Crippen molar-refractivity contribution in [2.75, 3.05) is 17.7 Å². The Labute approximate surface area is 152 Å². The number of benzene rings is 1. The summed E-state index contributed by atoms with van der Waals surface area (Å²) in [5.41, 5.74) is -0.0706. The average Bonchev–Trinajstić information content (AvgIpc) is 2.52. The van der Waals surface area contributed by atoms with Crippen LogP contribution < -0.4 is 15.4 Å². The van der Waals surface area contributed by atoms with Gasteiger partial charge in [-0.1, -0.05) is 18.5 Å². The maximum atomic E-state index is 12.5. The van der Waals surface area contributed by atoms with Crippen LogP contribution in [-0.2, 0) is 19.4 Å². The molecule has 7 nitrogen and oxygen atoms in total. The zero-order valence-electron chi connectivity index (χ0n) is 14.3. The normalized spacial score (nSPS) is 14.3. The van der Waals surface area contributed by atoms with Crippen molar-refractivity contribution < 1.29 is 22.7 Å². The Morgan fingerprint density at radius 1 is 1.40 bits per heavy atom. The highest BCUT2D eigenvalue weighted by atomic mass is 35.5. The zero-order chi connectivity index (χ0) is 18.8. The second-order valence-electron chi connectivity index (χ2n) is 6.47. The molecule has 0 aliphatic carbocycles. The molecule has 9 heteroatoms. The molecular weight excluding hydrogens is 368 g/mol. The Balaban J connectivity index is 2.15. The summed E-state index contributed by atoms with van der Waals surface area (Å²) < 4.78 is 30.3. The summed E-state index contributed by atoms with van der Waals surface area (Å²) in [6.07, 6.45) is 0.558. The fourth-order valence-electron chi connectivity index (χ4n) is 2.19. The molecule has 0 fully saturated rings. The largest absolute Gasteiger partial charge is 0.482 e. The number of amides is 2. The highest BCUT2D eigenvalue weighted by Gasteiger charge is 2.26. The van der Waals surface area contributed by atoms with E-state index in [0.29, 0.717) is 5.69 Å². The lowest BCUT2D eigenvalue weighted by molar-refractivity contribution is -0.122. The summed E-state index contributed by atoms with van der Waals surface area (Å²) >= 11 is 6.05. The van der Waals surface area contributed by atoms with Crippen LogP contribution in [0.1, 0.15) is 33.6 Å². The number of halogens is 1. The summed E-state index contributed by atoms with van der Waals surface area (Å²) in [4.78, 5) is 23.1. The molecule has 0 atom stereocenters. The van der Waals surface area contributed by atoms with Gasteiger partial charge in [0.25, 0.3) is 5.91 Å². The average molecular weight is 389 g/mol. The summed E-state index contributed by atoms with van der Waals surface area (Å²) in [6, 6.07) is 2.61. The lowest BCUT2D eigenvalue weighted by Gasteiger charge is -2.24. The topological polar surface area (TPSA) is 102 Å². The molecule has 1 aromatic rings. The number of carbonyl (C=O) groups is 2. The number of rotatable bonds is 6. The maximum absolute atomic E-state index is 12.5. The van der Waals surface area contributed by atoms with Crippen LogP contribution in [0.4, 0.5) is 5.69 Å². The summed E-state index contributed by atoms with van der Waals surface area (Å²) in [5, 5.41) is 5.32. The molecular formula is C16H21ClN2O5S. The van der Waals surface area contributed by atoms with Gasteiger partial charge in [-0.2, -0.15) is 0 Å². The van der Waals surface area contributed by atoms with Crippen LogP contribution in [0.15, 0.2) is 17.0 Å². The third kappa shape index (κ3) is 4.85. The van der Waals surface area contributed by atoms with E-state index in [9.17, 15) is 18.0 Å². The predicted octanol–water partition coefficient (Wildman–Crippen LogP) is 2.14. The highest BCUT2D eigenvalue weighted by molar-refractivity contribution is 7.91. The maximum Gasteiger partial charge on any atom is 0.262 e. The van der Waals surface area contributed by atoms with Crippen LogP contribution in [0.3, 0.4) is 0 Å². The number of carbonyl (C=O) groups excluding carboxylic acids is 2. The van der Waals surface area contributed by atoms with Gasteiger partial charge in [0.1, 0.15) is 5.75 Å². The first-order valence-electron chi connectivity index (χ1n) is 7.84. The summed E-state index contributed by atoms with van der Waals surface area (Å²) in [6.45, 7) is 5.47. The fourth-order valence-corrected chi connectivity index (χ4v) is 4.02. The molecule has 1 aliphatic heterocycles. The summed E-state index contributed by atoms with van der Waals surface area (Å²) in [7, 11) is -3.78. The molecule has 25 heavy (non-hydrogen) atoms. The third-order valence-corrected chi connectivity index (χ3v) is 6.14. The number of sulfone groups is 1. The standard InChI is InChI=1S/C16H21ClN2O5S/c1-4-16(2,3)19-14(20)5-6-25(22,23)13-8-12-11(7-10(13)17)18-15(21)9-24-12/h7-8H,4-6,9H2,1-3H3,(H,18,21)(H,19,20). The van der Waals surface area contributed by atoms with Crippen LogP contribution in [0.2, 0.25) is 5.02 Å². The van der Waals surface area contributed by atoms with Crippen molar-refractivity contribution in [3.63, 3.8) is 0 Å². The predicted molar refractivity (Wildman–Crippen MR) is 94.8 cm³/mol. The molecule has 138 valence electrons. The van der Waals surface area contributed by atoms with Crippen LogP contribution in [0.5, 0.6) is 5.75 Å². The van der Waals surface area contributed by atoms with E-state index in [1.165, 1.54) is 12.1 Å². The van der Waals surface area contributed by atoms with Crippen molar-refractivity contribution >= 4 is 38.9 Å². The monoisotopic (exact) mass is 388 g/mol. The van der Waals surface area contributed by atoms with Gasteiger partial charge in [-0.05, 0) is 26.3 Å². The van der Waals surface area contributed by atoms with Crippen molar-refractivity contribution in [3.8, 4) is 5.75 Å². The SMILES string of the molecule is CCC(C)(C)NC(=O)CCS(=O)(=O)c1cc2c(cc1Cl)NC(=O)CO2. The van der Waals surface area contributed by atoms with Crippen LogP contribution in [0, 0.1) is 0 Å². The third-order valence-electron chi connectivity index (χ3n) is 3.96. The molecule has 2 rings (SSSR count). The van der Waals surface area contributed by atoms with Gasteiger partial charge >= 0.3 is 0 Å². The molecule has 0 saturated heterocycles. The van der Waals surface area contributed by atoms with Crippen molar-refractivity contribution in [2.45, 2.75) is 44.0 Å². The highest BCUT2D eigenvalue weighted by Crippen LogP contribution is 2.36. The molecule has 1 heterocycles. The molecule has 0 unspecified atom stereocenters. The Bertz CT molecular complexity index is 805. The molecule has 0 saturated carbocycles. The van der Waals surface area contributed by atoms with Crippen LogP contribution in [-0.4, -0.2) is 38.1 Å². The molecule has 2 amide bonds. The molecule has 2 N–H and O–H groups in total. The van der Waals surface area contributed by atoms with E-state index in [-0.39, 0.29) is 46.3 Å². The van der Waals surface area contributed by atoms with Gasteiger partial charge in [-0.15, -0.1) is 0 Å². The number of anilines is 1. The zero-order valence-corrected chi connectivity index (χ0v) is 15.9. The minimum Gasteiger partial charge on any atom is -0.482 e. The first-order chi connectivity index (χ1) is 11.5. The van der Waals surface area contributed by atoms with Crippen molar-refractivity contribution in [1.29, 1.82) is 0 Å². The van der Waals surface area contributed by atoms with E-state index in [0.717, 1.165) is 6.42 Å².